The van der Waals surface area contributed by atoms with E-state index in [0.29, 0.717) is 6.54 Å². The summed E-state index contributed by atoms with van der Waals surface area (Å²) in [6, 6.07) is 7.76. The Labute approximate surface area is 93.5 Å². The summed E-state index contributed by atoms with van der Waals surface area (Å²) in [5, 5.41) is 13.3. The van der Waals surface area contributed by atoms with Crippen LogP contribution in [0.15, 0.2) is 28.7 Å². The van der Waals surface area contributed by atoms with Crippen molar-refractivity contribution >= 4 is 15.9 Å². The number of hydrogen-bond acceptors (Lipinski definition) is 2. The van der Waals surface area contributed by atoms with Gasteiger partial charge in [0.05, 0.1) is 5.60 Å². The summed E-state index contributed by atoms with van der Waals surface area (Å²) in [5.41, 5.74) is 0.118. The monoisotopic (exact) mass is 257 g/mol. The molecule has 1 aromatic carbocycles. The van der Waals surface area contributed by atoms with Crippen LogP contribution in [0.3, 0.4) is 0 Å². The molecule has 0 bridgehead atoms. The molecule has 0 aliphatic carbocycles. The highest BCUT2D eigenvalue weighted by molar-refractivity contribution is 9.10. The maximum absolute atomic E-state index is 10.2. The predicted molar refractivity (Wildman–Crippen MR) is 62.3 cm³/mol. The Bertz CT molecular complexity index is 299. The van der Waals surface area contributed by atoms with Crippen molar-refractivity contribution in [1.82, 2.24) is 5.32 Å². The minimum Gasteiger partial charge on any atom is -0.384 e. The summed E-state index contributed by atoms with van der Waals surface area (Å²) in [6.45, 7) is 5.28. The lowest BCUT2D eigenvalue weighted by atomic mass is 9.96. The molecule has 0 amide bonds. The van der Waals surface area contributed by atoms with E-state index < -0.39 is 5.60 Å². The van der Waals surface area contributed by atoms with E-state index in [0.717, 1.165) is 16.6 Å². The standard InChI is InChI=1S/C11H16BrNO/c1-3-13-8-11(2,14)9-5-4-6-10(12)7-9/h4-7,13-14H,3,8H2,1-2H3. The van der Waals surface area contributed by atoms with Gasteiger partial charge in [0, 0.05) is 11.0 Å². The summed E-state index contributed by atoms with van der Waals surface area (Å²) in [6.07, 6.45) is 0. The number of hydrogen-bond donors (Lipinski definition) is 2. The van der Waals surface area contributed by atoms with Gasteiger partial charge in [-0.05, 0) is 31.2 Å². The second-order valence-electron chi connectivity index (χ2n) is 3.56. The number of rotatable bonds is 4. The molecule has 0 aliphatic heterocycles. The minimum atomic E-state index is -0.806. The molecular weight excluding hydrogens is 242 g/mol. The van der Waals surface area contributed by atoms with Gasteiger partial charge < -0.3 is 10.4 Å². The average Bonchev–Trinajstić information content (AvgIpc) is 2.15. The largest absolute Gasteiger partial charge is 0.384 e. The van der Waals surface area contributed by atoms with Gasteiger partial charge in [0.25, 0.3) is 0 Å². The zero-order valence-corrected chi connectivity index (χ0v) is 10.1. The molecule has 0 aliphatic rings. The third-order valence-corrected chi connectivity index (χ3v) is 2.66. The third kappa shape index (κ3) is 3.08. The van der Waals surface area contributed by atoms with Crippen LogP contribution in [0, 0.1) is 0 Å². The normalized spacial score (nSPS) is 15.1. The molecule has 1 rings (SSSR count). The summed E-state index contributed by atoms with van der Waals surface area (Å²) in [5.74, 6) is 0. The number of benzene rings is 1. The molecular formula is C11H16BrNO. The van der Waals surface area contributed by atoms with Crippen molar-refractivity contribution in [3.8, 4) is 0 Å². The molecule has 14 heavy (non-hydrogen) atoms. The highest BCUT2D eigenvalue weighted by Crippen LogP contribution is 2.22. The van der Waals surface area contributed by atoms with E-state index in [-0.39, 0.29) is 0 Å². The fraction of sp³-hybridized carbons (Fsp3) is 0.455. The van der Waals surface area contributed by atoms with E-state index >= 15 is 0 Å². The summed E-state index contributed by atoms with van der Waals surface area (Å²) in [7, 11) is 0. The van der Waals surface area contributed by atoms with Gasteiger partial charge >= 0.3 is 0 Å². The Morgan fingerprint density at radius 1 is 1.50 bits per heavy atom. The van der Waals surface area contributed by atoms with E-state index in [1.165, 1.54) is 0 Å². The van der Waals surface area contributed by atoms with Crippen molar-refractivity contribution in [2.75, 3.05) is 13.1 Å². The van der Waals surface area contributed by atoms with Gasteiger partial charge in [0.15, 0.2) is 0 Å². The lowest BCUT2D eigenvalue weighted by molar-refractivity contribution is 0.0575. The Kier molecular flexibility index (Phi) is 4.11. The first-order chi connectivity index (χ1) is 6.56. The lowest BCUT2D eigenvalue weighted by Gasteiger charge is -2.24. The molecule has 0 heterocycles. The third-order valence-electron chi connectivity index (χ3n) is 2.17. The zero-order valence-electron chi connectivity index (χ0n) is 8.55. The van der Waals surface area contributed by atoms with Crippen LogP contribution < -0.4 is 5.32 Å². The summed E-state index contributed by atoms with van der Waals surface area (Å²) >= 11 is 3.39. The van der Waals surface area contributed by atoms with E-state index in [4.69, 9.17) is 0 Å². The number of likely N-dealkylation sites (N-methyl/N-ethyl adjacent to an activating group) is 1. The summed E-state index contributed by atoms with van der Waals surface area (Å²) < 4.78 is 0.992. The molecule has 0 saturated heterocycles. The van der Waals surface area contributed by atoms with Crippen molar-refractivity contribution in [3.05, 3.63) is 34.3 Å². The molecule has 0 radical (unpaired) electrons. The van der Waals surface area contributed by atoms with Crippen LogP contribution in [0.25, 0.3) is 0 Å². The molecule has 78 valence electrons. The molecule has 2 N–H and O–H groups in total. The maximum Gasteiger partial charge on any atom is 0.0992 e. The van der Waals surface area contributed by atoms with Gasteiger partial charge in [0.1, 0.15) is 0 Å². The molecule has 0 aromatic heterocycles. The Balaban J connectivity index is 2.80. The lowest BCUT2D eigenvalue weighted by Crippen LogP contribution is -2.35. The van der Waals surface area contributed by atoms with Gasteiger partial charge in [-0.1, -0.05) is 35.0 Å². The van der Waals surface area contributed by atoms with E-state index in [1.807, 2.05) is 38.1 Å². The van der Waals surface area contributed by atoms with Crippen LogP contribution in [-0.4, -0.2) is 18.2 Å². The fourth-order valence-corrected chi connectivity index (χ4v) is 1.69. The Morgan fingerprint density at radius 3 is 2.79 bits per heavy atom. The SMILES string of the molecule is CCNCC(C)(O)c1cccc(Br)c1. The second kappa shape index (κ2) is 4.91. The molecule has 0 saturated carbocycles. The van der Waals surface area contributed by atoms with Crippen molar-refractivity contribution in [1.29, 1.82) is 0 Å². The maximum atomic E-state index is 10.2. The van der Waals surface area contributed by atoms with Crippen molar-refractivity contribution in [2.45, 2.75) is 19.4 Å². The molecule has 0 spiro atoms. The van der Waals surface area contributed by atoms with Gasteiger partial charge in [-0.15, -0.1) is 0 Å². The predicted octanol–water partition coefficient (Wildman–Crippen LogP) is 2.27. The molecule has 0 fully saturated rings. The van der Waals surface area contributed by atoms with Crippen LogP contribution in [0.5, 0.6) is 0 Å². The first-order valence-electron chi connectivity index (χ1n) is 4.75. The number of halogens is 1. The van der Waals surface area contributed by atoms with Gasteiger partial charge in [-0.2, -0.15) is 0 Å². The highest BCUT2D eigenvalue weighted by atomic mass is 79.9. The van der Waals surface area contributed by atoms with E-state index in [1.54, 1.807) is 0 Å². The van der Waals surface area contributed by atoms with Crippen LogP contribution in [0.2, 0.25) is 0 Å². The van der Waals surface area contributed by atoms with E-state index in [9.17, 15) is 5.11 Å². The van der Waals surface area contributed by atoms with Crippen LogP contribution in [-0.2, 0) is 5.60 Å². The molecule has 2 nitrogen and oxygen atoms in total. The quantitative estimate of drug-likeness (QED) is 0.868. The topological polar surface area (TPSA) is 32.3 Å². The molecule has 3 heteroatoms. The average molecular weight is 258 g/mol. The van der Waals surface area contributed by atoms with Crippen LogP contribution >= 0.6 is 15.9 Å². The van der Waals surface area contributed by atoms with Crippen molar-refractivity contribution in [3.63, 3.8) is 0 Å². The van der Waals surface area contributed by atoms with Gasteiger partial charge in [0.2, 0.25) is 0 Å². The smallest absolute Gasteiger partial charge is 0.0992 e. The molecule has 1 atom stereocenters. The first kappa shape index (κ1) is 11.7. The fourth-order valence-electron chi connectivity index (χ4n) is 1.29. The zero-order chi connectivity index (χ0) is 10.6. The Morgan fingerprint density at radius 2 is 2.21 bits per heavy atom. The number of aliphatic hydroxyl groups is 1. The van der Waals surface area contributed by atoms with E-state index in [2.05, 4.69) is 21.2 Å². The van der Waals surface area contributed by atoms with Crippen LogP contribution in [0.1, 0.15) is 19.4 Å². The Hall–Kier alpha value is -0.380. The van der Waals surface area contributed by atoms with Gasteiger partial charge in [-0.25, -0.2) is 0 Å². The van der Waals surface area contributed by atoms with Crippen molar-refractivity contribution in [2.24, 2.45) is 0 Å². The second-order valence-corrected chi connectivity index (χ2v) is 4.48. The van der Waals surface area contributed by atoms with Crippen LogP contribution in [0.4, 0.5) is 0 Å². The highest BCUT2D eigenvalue weighted by Gasteiger charge is 2.22. The summed E-state index contributed by atoms with van der Waals surface area (Å²) in [4.78, 5) is 0. The first-order valence-corrected chi connectivity index (χ1v) is 5.54. The molecule has 1 aromatic rings. The molecule has 1 unspecified atom stereocenters. The minimum absolute atomic E-state index is 0.569. The van der Waals surface area contributed by atoms with Crippen molar-refractivity contribution < 1.29 is 5.11 Å². The number of nitrogens with one attached hydrogen (secondary N) is 1. The van der Waals surface area contributed by atoms with Gasteiger partial charge in [-0.3, -0.25) is 0 Å².